The molecule has 0 unspecified atom stereocenters. The van der Waals surface area contributed by atoms with E-state index in [1.807, 2.05) is 0 Å². The number of halogens is 4. The fourth-order valence-electron chi connectivity index (χ4n) is 1.65. The average Bonchev–Trinajstić information content (AvgIpc) is 2.85. The summed E-state index contributed by atoms with van der Waals surface area (Å²) in [5.41, 5.74) is -0.302. The number of nitro groups is 1. The molecule has 0 bridgehead atoms. The highest BCUT2D eigenvalue weighted by Gasteiger charge is 2.33. The van der Waals surface area contributed by atoms with Gasteiger partial charge in [0.2, 0.25) is 0 Å². The number of nitrogens with one attached hydrogen (secondary N) is 1. The largest absolute Gasteiger partial charge is 0.418 e. The number of thiophene rings is 1. The molecule has 0 aliphatic rings. The van der Waals surface area contributed by atoms with Crippen LogP contribution in [0, 0.1) is 10.1 Å². The minimum absolute atomic E-state index is 0.0429. The molecule has 0 radical (unpaired) electrons. The lowest BCUT2D eigenvalue weighted by atomic mass is 10.1. The van der Waals surface area contributed by atoms with Gasteiger partial charge < -0.3 is 5.32 Å². The second-order valence-electron chi connectivity index (χ2n) is 4.09. The number of benzene rings is 1. The Kier molecular flexibility index (Phi) is 4.52. The molecular formula is C12H8BrF3N2O2S. The van der Waals surface area contributed by atoms with Gasteiger partial charge in [-0.2, -0.15) is 13.2 Å². The third-order valence-electron chi connectivity index (χ3n) is 2.59. The van der Waals surface area contributed by atoms with Crippen LogP contribution in [0.4, 0.5) is 23.9 Å². The van der Waals surface area contributed by atoms with Gasteiger partial charge in [0.05, 0.1) is 10.5 Å². The van der Waals surface area contributed by atoms with Gasteiger partial charge in [0.15, 0.2) is 0 Å². The molecule has 0 fully saturated rings. The van der Waals surface area contributed by atoms with Crippen LogP contribution < -0.4 is 5.32 Å². The number of anilines is 1. The molecule has 0 aliphatic carbocycles. The fourth-order valence-corrected chi connectivity index (χ4v) is 2.74. The van der Waals surface area contributed by atoms with E-state index in [0.717, 1.165) is 17.4 Å². The molecule has 9 heteroatoms. The second kappa shape index (κ2) is 6.02. The first-order valence-corrected chi connectivity index (χ1v) is 7.27. The molecule has 1 aromatic carbocycles. The van der Waals surface area contributed by atoms with Gasteiger partial charge in [0, 0.05) is 28.2 Å². The lowest BCUT2D eigenvalue weighted by molar-refractivity contribution is -0.380. The Hall–Kier alpha value is -1.61. The fraction of sp³-hybridized carbons (Fsp3) is 0.167. The van der Waals surface area contributed by atoms with Crippen molar-refractivity contribution in [2.45, 2.75) is 12.7 Å². The van der Waals surface area contributed by atoms with Gasteiger partial charge >= 0.3 is 11.2 Å². The van der Waals surface area contributed by atoms with Crippen molar-refractivity contribution in [1.82, 2.24) is 0 Å². The van der Waals surface area contributed by atoms with Gasteiger partial charge in [-0.1, -0.05) is 27.3 Å². The minimum Gasteiger partial charge on any atom is -0.380 e. The van der Waals surface area contributed by atoms with E-state index in [1.165, 1.54) is 23.6 Å². The van der Waals surface area contributed by atoms with Crippen molar-refractivity contribution < 1.29 is 18.1 Å². The maximum atomic E-state index is 12.9. The van der Waals surface area contributed by atoms with E-state index in [0.29, 0.717) is 10.0 Å². The normalized spacial score (nSPS) is 11.4. The standard InChI is InChI=1S/C12H8BrF3N2O2S/c13-8-1-2-10(9(4-8)12(14,15)16)17-5-7-3-11(18(19)20)21-6-7/h1-4,6,17H,5H2. The summed E-state index contributed by atoms with van der Waals surface area (Å²) in [5, 5.41) is 14.7. The first-order valence-electron chi connectivity index (χ1n) is 5.60. The van der Waals surface area contributed by atoms with Crippen molar-refractivity contribution in [2.75, 3.05) is 5.32 Å². The first kappa shape index (κ1) is 15.8. The predicted molar refractivity (Wildman–Crippen MR) is 77.4 cm³/mol. The molecule has 1 aromatic heterocycles. The smallest absolute Gasteiger partial charge is 0.380 e. The van der Waals surface area contributed by atoms with Gasteiger partial charge in [-0.3, -0.25) is 10.1 Å². The molecule has 0 saturated heterocycles. The summed E-state index contributed by atoms with van der Waals surface area (Å²) in [6.07, 6.45) is -4.48. The summed E-state index contributed by atoms with van der Waals surface area (Å²) in [4.78, 5) is 10.0. The molecule has 2 aromatic rings. The molecule has 0 atom stereocenters. The Morgan fingerprint density at radius 1 is 1.33 bits per heavy atom. The highest BCUT2D eigenvalue weighted by molar-refractivity contribution is 9.10. The SMILES string of the molecule is O=[N+]([O-])c1cc(CNc2ccc(Br)cc2C(F)(F)F)cs1. The van der Waals surface area contributed by atoms with Crippen LogP contribution in [0.15, 0.2) is 34.1 Å². The Balaban J connectivity index is 2.18. The average molecular weight is 381 g/mol. The molecular weight excluding hydrogens is 373 g/mol. The highest BCUT2D eigenvalue weighted by Crippen LogP contribution is 2.37. The Bertz CT molecular complexity index is 673. The second-order valence-corrected chi connectivity index (χ2v) is 5.90. The van der Waals surface area contributed by atoms with Crippen LogP contribution in [0.3, 0.4) is 0 Å². The molecule has 4 nitrogen and oxygen atoms in total. The van der Waals surface area contributed by atoms with Gasteiger partial charge in [-0.15, -0.1) is 0 Å². The quantitative estimate of drug-likeness (QED) is 0.596. The van der Waals surface area contributed by atoms with E-state index in [2.05, 4.69) is 21.2 Å². The molecule has 0 amide bonds. The molecule has 1 heterocycles. The van der Waals surface area contributed by atoms with Crippen molar-refractivity contribution in [3.05, 3.63) is 55.4 Å². The number of hydrogen-bond donors (Lipinski definition) is 1. The lowest BCUT2D eigenvalue weighted by Gasteiger charge is -2.14. The molecule has 0 aliphatic heterocycles. The topological polar surface area (TPSA) is 55.2 Å². The van der Waals surface area contributed by atoms with E-state index < -0.39 is 16.7 Å². The Labute approximate surface area is 129 Å². The highest BCUT2D eigenvalue weighted by atomic mass is 79.9. The van der Waals surface area contributed by atoms with Crippen LogP contribution in [0.1, 0.15) is 11.1 Å². The first-order chi connectivity index (χ1) is 9.77. The third kappa shape index (κ3) is 3.94. The number of nitrogens with zero attached hydrogens (tertiary/aromatic N) is 1. The Morgan fingerprint density at radius 2 is 2.05 bits per heavy atom. The van der Waals surface area contributed by atoms with Crippen LogP contribution in [0.5, 0.6) is 0 Å². The zero-order chi connectivity index (χ0) is 15.6. The minimum atomic E-state index is -4.48. The van der Waals surface area contributed by atoms with Crippen LogP contribution in [0.2, 0.25) is 0 Å². The van der Waals surface area contributed by atoms with E-state index in [-0.39, 0.29) is 17.2 Å². The number of alkyl halides is 3. The predicted octanol–water partition coefficient (Wildman–Crippen LogP) is 5.05. The van der Waals surface area contributed by atoms with Gasteiger partial charge in [-0.25, -0.2) is 0 Å². The van der Waals surface area contributed by atoms with Gasteiger partial charge in [0.25, 0.3) is 0 Å². The lowest BCUT2D eigenvalue weighted by Crippen LogP contribution is -2.10. The van der Waals surface area contributed by atoms with Crippen LogP contribution in [-0.4, -0.2) is 4.92 Å². The summed E-state index contributed by atoms with van der Waals surface area (Å²) in [6, 6.07) is 5.13. The zero-order valence-corrected chi connectivity index (χ0v) is 12.7. The molecule has 0 saturated carbocycles. The summed E-state index contributed by atoms with van der Waals surface area (Å²) >= 11 is 3.94. The summed E-state index contributed by atoms with van der Waals surface area (Å²) in [7, 11) is 0. The van der Waals surface area contributed by atoms with E-state index in [4.69, 9.17) is 0 Å². The molecule has 1 N–H and O–H groups in total. The van der Waals surface area contributed by atoms with Gasteiger partial charge in [0.1, 0.15) is 0 Å². The van der Waals surface area contributed by atoms with Crippen LogP contribution in [0.25, 0.3) is 0 Å². The van der Waals surface area contributed by atoms with Crippen molar-refractivity contribution in [3.63, 3.8) is 0 Å². The van der Waals surface area contributed by atoms with Crippen molar-refractivity contribution >= 4 is 38.0 Å². The molecule has 112 valence electrons. The maximum Gasteiger partial charge on any atom is 0.418 e. The van der Waals surface area contributed by atoms with E-state index in [1.54, 1.807) is 0 Å². The summed E-state index contributed by atoms with van der Waals surface area (Å²) in [6.45, 7) is 0.0784. The van der Waals surface area contributed by atoms with Gasteiger partial charge in [-0.05, 0) is 23.8 Å². The molecule has 2 rings (SSSR count). The monoisotopic (exact) mass is 380 g/mol. The summed E-state index contributed by atoms with van der Waals surface area (Å²) in [5.74, 6) is 0. The molecule has 0 spiro atoms. The van der Waals surface area contributed by atoms with Crippen molar-refractivity contribution in [1.29, 1.82) is 0 Å². The molecule has 21 heavy (non-hydrogen) atoms. The number of hydrogen-bond acceptors (Lipinski definition) is 4. The zero-order valence-electron chi connectivity index (χ0n) is 10.3. The van der Waals surface area contributed by atoms with Crippen molar-refractivity contribution in [2.24, 2.45) is 0 Å². The summed E-state index contributed by atoms with van der Waals surface area (Å²) < 4.78 is 39.1. The van der Waals surface area contributed by atoms with Crippen molar-refractivity contribution in [3.8, 4) is 0 Å². The van der Waals surface area contributed by atoms with E-state index >= 15 is 0 Å². The van der Waals surface area contributed by atoms with E-state index in [9.17, 15) is 23.3 Å². The Morgan fingerprint density at radius 3 is 2.62 bits per heavy atom. The number of rotatable bonds is 4. The maximum absolute atomic E-state index is 12.9. The third-order valence-corrected chi connectivity index (χ3v) is 4.01. The van der Waals surface area contributed by atoms with Crippen LogP contribution in [-0.2, 0) is 12.7 Å². The van der Waals surface area contributed by atoms with Crippen LogP contribution >= 0.6 is 27.3 Å².